The van der Waals surface area contributed by atoms with Gasteiger partial charge in [0, 0.05) is 19.5 Å². The molecule has 0 unspecified atom stereocenters. The summed E-state index contributed by atoms with van der Waals surface area (Å²) in [5.41, 5.74) is -0.653. The summed E-state index contributed by atoms with van der Waals surface area (Å²) in [4.78, 5) is 39.9. The molecule has 2 heterocycles. The number of rotatable bonds is 4. The van der Waals surface area contributed by atoms with E-state index in [9.17, 15) is 14.4 Å². The Hall–Kier alpha value is -1.63. The smallest absolute Gasteiger partial charge is 0.325 e. The van der Waals surface area contributed by atoms with Crippen molar-refractivity contribution in [1.82, 2.24) is 15.1 Å². The summed E-state index contributed by atoms with van der Waals surface area (Å²) < 4.78 is 5.33. The number of nitrogens with one attached hydrogen (secondary N) is 1. The fourth-order valence-corrected chi connectivity index (χ4v) is 3.83. The summed E-state index contributed by atoms with van der Waals surface area (Å²) >= 11 is 0. The fraction of sp³-hybridized carbons (Fsp3) is 0.812. The molecule has 0 aromatic carbocycles. The van der Waals surface area contributed by atoms with E-state index >= 15 is 0 Å². The van der Waals surface area contributed by atoms with E-state index in [0.717, 1.165) is 25.7 Å². The first kappa shape index (κ1) is 16.2. The lowest BCUT2D eigenvalue weighted by Crippen LogP contribution is -2.47. The van der Waals surface area contributed by atoms with E-state index in [1.54, 1.807) is 0 Å². The van der Waals surface area contributed by atoms with Gasteiger partial charge in [-0.3, -0.25) is 14.5 Å². The van der Waals surface area contributed by atoms with Crippen LogP contribution in [0.3, 0.4) is 0 Å². The second-order valence-corrected chi connectivity index (χ2v) is 6.79. The van der Waals surface area contributed by atoms with Crippen molar-refractivity contribution in [3.8, 4) is 0 Å². The lowest BCUT2D eigenvalue weighted by molar-refractivity contribution is -0.139. The summed E-state index contributed by atoms with van der Waals surface area (Å²) in [5.74, 6) is -0.0318. The third kappa shape index (κ3) is 3.06. The van der Waals surface area contributed by atoms with E-state index in [0.29, 0.717) is 39.1 Å². The van der Waals surface area contributed by atoms with E-state index in [1.165, 1.54) is 4.90 Å². The van der Waals surface area contributed by atoms with Crippen LogP contribution < -0.4 is 5.32 Å². The molecule has 1 atom stereocenters. The highest BCUT2D eigenvalue weighted by Crippen LogP contribution is 2.35. The van der Waals surface area contributed by atoms with Gasteiger partial charge in [-0.25, -0.2) is 4.79 Å². The molecule has 7 heteroatoms. The number of urea groups is 1. The van der Waals surface area contributed by atoms with E-state index in [1.807, 2.05) is 11.8 Å². The summed E-state index contributed by atoms with van der Waals surface area (Å²) in [6.07, 6.45) is 4.30. The number of ether oxygens (including phenoxy) is 1. The Morgan fingerprint density at radius 2 is 2.09 bits per heavy atom. The number of nitrogens with zero attached hydrogens (tertiary/aromatic N) is 2. The first-order valence-electron chi connectivity index (χ1n) is 8.55. The van der Waals surface area contributed by atoms with Crippen LogP contribution in [0.1, 0.15) is 45.4 Å². The molecule has 0 radical (unpaired) electrons. The zero-order valence-corrected chi connectivity index (χ0v) is 13.7. The molecule has 4 amide bonds. The van der Waals surface area contributed by atoms with Gasteiger partial charge in [0.25, 0.3) is 5.91 Å². The van der Waals surface area contributed by atoms with Crippen LogP contribution in [0.4, 0.5) is 4.79 Å². The molecular formula is C16H25N3O4. The van der Waals surface area contributed by atoms with Gasteiger partial charge in [-0.05, 0) is 26.2 Å². The van der Waals surface area contributed by atoms with Crippen molar-refractivity contribution >= 4 is 17.8 Å². The quantitative estimate of drug-likeness (QED) is 0.779. The number of imide groups is 1. The van der Waals surface area contributed by atoms with Crippen molar-refractivity contribution in [1.29, 1.82) is 0 Å². The molecule has 0 bridgehead atoms. The fourth-order valence-electron chi connectivity index (χ4n) is 3.83. The van der Waals surface area contributed by atoms with Gasteiger partial charge in [-0.1, -0.05) is 12.8 Å². The summed E-state index contributed by atoms with van der Waals surface area (Å²) in [6.45, 7) is 4.05. The second kappa shape index (κ2) is 6.47. The third-order valence-electron chi connectivity index (χ3n) is 5.16. The Bertz CT molecular complexity index is 502. The van der Waals surface area contributed by atoms with Gasteiger partial charge in [0.05, 0.1) is 19.3 Å². The minimum Gasteiger partial charge on any atom is -0.377 e. The monoisotopic (exact) mass is 323 g/mol. The van der Waals surface area contributed by atoms with E-state index < -0.39 is 5.54 Å². The average Bonchev–Trinajstić information content (AvgIpc) is 3.08. The molecule has 1 aliphatic carbocycles. The highest BCUT2D eigenvalue weighted by Gasteiger charge is 2.52. The van der Waals surface area contributed by atoms with E-state index in [2.05, 4.69) is 5.32 Å². The molecular weight excluding hydrogens is 298 g/mol. The van der Waals surface area contributed by atoms with E-state index in [4.69, 9.17) is 4.74 Å². The summed E-state index contributed by atoms with van der Waals surface area (Å²) in [5, 5.41) is 2.86. The number of carbonyl (C=O) groups excluding carboxylic acids is 3. The predicted molar refractivity (Wildman–Crippen MR) is 82.7 cm³/mol. The molecule has 128 valence electrons. The van der Waals surface area contributed by atoms with Gasteiger partial charge < -0.3 is 15.0 Å². The molecule has 23 heavy (non-hydrogen) atoms. The first-order chi connectivity index (χ1) is 11.0. The highest BCUT2D eigenvalue weighted by atomic mass is 16.5. The molecule has 3 fully saturated rings. The van der Waals surface area contributed by atoms with Crippen LogP contribution in [0.25, 0.3) is 0 Å². The molecule has 2 saturated heterocycles. The lowest BCUT2D eigenvalue weighted by atomic mass is 9.98. The Balaban J connectivity index is 1.49. The average molecular weight is 323 g/mol. The predicted octanol–water partition coefficient (Wildman–Crippen LogP) is 0.878. The van der Waals surface area contributed by atoms with Crippen LogP contribution in [0, 0.1) is 0 Å². The largest absolute Gasteiger partial charge is 0.377 e. The van der Waals surface area contributed by atoms with Crippen LogP contribution in [-0.2, 0) is 14.3 Å². The number of amides is 4. The zero-order chi connectivity index (χ0) is 16.4. The molecule has 2 aliphatic heterocycles. The molecule has 0 aromatic rings. The maximum Gasteiger partial charge on any atom is 0.325 e. The molecule has 1 saturated carbocycles. The van der Waals surface area contributed by atoms with Crippen molar-refractivity contribution in [2.24, 2.45) is 0 Å². The molecule has 3 rings (SSSR count). The minimum atomic E-state index is -0.653. The van der Waals surface area contributed by atoms with Crippen LogP contribution in [0.2, 0.25) is 0 Å². The molecule has 1 N–H and O–H groups in total. The van der Waals surface area contributed by atoms with Crippen molar-refractivity contribution < 1.29 is 19.1 Å². The van der Waals surface area contributed by atoms with Gasteiger partial charge in [0.15, 0.2) is 0 Å². The van der Waals surface area contributed by atoms with Gasteiger partial charge in [-0.2, -0.15) is 0 Å². The number of hydrogen-bond acceptors (Lipinski definition) is 4. The molecule has 0 aromatic heterocycles. The number of morpholine rings is 1. The van der Waals surface area contributed by atoms with Crippen molar-refractivity contribution in [2.75, 3.05) is 26.3 Å². The van der Waals surface area contributed by atoms with Crippen LogP contribution in [0.15, 0.2) is 0 Å². The van der Waals surface area contributed by atoms with Crippen LogP contribution >= 0.6 is 0 Å². The van der Waals surface area contributed by atoms with Crippen LogP contribution in [-0.4, -0.2) is 65.5 Å². The molecule has 1 spiro atoms. The van der Waals surface area contributed by atoms with Crippen molar-refractivity contribution in [2.45, 2.75) is 57.0 Å². The maximum atomic E-state index is 12.5. The van der Waals surface area contributed by atoms with Crippen molar-refractivity contribution in [3.05, 3.63) is 0 Å². The number of hydrogen-bond donors (Lipinski definition) is 1. The third-order valence-corrected chi connectivity index (χ3v) is 5.16. The molecule has 7 nitrogen and oxygen atoms in total. The van der Waals surface area contributed by atoms with Gasteiger partial charge >= 0.3 is 6.03 Å². The summed E-state index contributed by atoms with van der Waals surface area (Å²) in [6, 6.07) is -0.209. The molecule has 3 aliphatic rings. The second-order valence-electron chi connectivity index (χ2n) is 6.79. The first-order valence-corrected chi connectivity index (χ1v) is 8.55. The topological polar surface area (TPSA) is 79.0 Å². The summed E-state index contributed by atoms with van der Waals surface area (Å²) in [7, 11) is 0. The van der Waals surface area contributed by atoms with E-state index in [-0.39, 0.29) is 23.9 Å². The van der Waals surface area contributed by atoms with Crippen LogP contribution in [0.5, 0.6) is 0 Å². The number of carbonyl (C=O) groups is 3. The SMILES string of the molecule is C[C@@H]1COCCN1C(=O)CCCN1C(=O)NC2(CCCC2)C1=O. The minimum absolute atomic E-state index is 0.0726. The Kier molecular flexibility index (Phi) is 4.57. The standard InChI is InChI=1S/C16H25N3O4/c1-12-11-23-10-9-18(12)13(20)5-4-8-19-14(21)16(17-15(19)22)6-2-3-7-16/h12H,2-11H2,1H3,(H,17,22)/t12-/m1/s1. The Morgan fingerprint density at radius 1 is 1.35 bits per heavy atom. The van der Waals surface area contributed by atoms with Gasteiger partial charge in [0.2, 0.25) is 5.91 Å². The lowest BCUT2D eigenvalue weighted by Gasteiger charge is -2.33. The Morgan fingerprint density at radius 3 is 2.78 bits per heavy atom. The van der Waals surface area contributed by atoms with Gasteiger partial charge in [0.1, 0.15) is 5.54 Å². The highest BCUT2D eigenvalue weighted by molar-refractivity contribution is 6.07. The zero-order valence-electron chi connectivity index (χ0n) is 13.7. The van der Waals surface area contributed by atoms with Crippen molar-refractivity contribution in [3.63, 3.8) is 0 Å². The maximum absolute atomic E-state index is 12.5. The van der Waals surface area contributed by atoms with Gasteiger partial charge in [-0.15, -0.1) is 0 Å². The Labute approximate surface area is 136 Å². The normalized spacial score (nSPS) is 26.9.